The molecule has 9 heteroatoms. The zero-order valence-electron chi connectivity index (χ0n) is 18.4. The molecule has 1 aromatic heterocycles. The number of hydrogen-bond donors (Lipinski definition) is 3. The third-order valence-electron chi connectivity index (χ3n) is 5.45. The Morgan fingerprint density at radius 1 is 1.18 bits per heavy atom. The van der Waals surface area contributed by atoms with Crippen LogP contribution in [0, 0.1) is 23.5 Å². The highest BCUT2D eigenvalue weighted by Crippen LogP contribution is 2.31. The molecule has 1 saturated heterocycles. The van der Waals surface area contributed by atoms with Gasteiger partial charge in [0.05, 0.1) is 19.8 Å². The topological polar surface area (TPSA) is 97.0 Å². The Morgan fingerprint density at radius 3 is 2.47 bits per heavy atom. The molecule has 1 aliphatic rings. The SMILES string of the molecule is C[C@H](O)c1nccn1[C@@H](C#Cc1ccc(-c2cc(F)c(O[C@H]3COC[C@@H]3O)c(F)c2)cc1)CO. The Bertz CT molecular complexity index is 1180. The molecule has 0 amide bonds. The maximum absolute atomic E-state index is 14.6. The van der Waals surface area contributed by atoms with Gasteiger partial charge < -0.3 is 29.4 Å². The summed E-state index contributed by atoms with van der Waals surface area (Å²) in [5.74, 6) is 4.01. The molecule has 178 valence electrons. The summed E-state index contributed by atoms with van der Waals surface area (Å²) < 4.78 is 41.1. The van der Waals surface area contributed by atoms with Gasteiger partial charge >= 0.3 is 0 Å². The number of aliphatic hydroxyl groups is 3. The highest BCUT2D eigenvalue weighted by molar-refractivity contribution is 5.65. The van der Waals surface area contributed by atoms with Crippen molar-refractivity contribution in [3.05, 3.63) is 71.8 Å². The second-order valence-corrected chi connectivity index (χ2v) is 7.94. The van der Waals surface area contributed by atoms with Crippen molar-refractivity contribution in [1.29, 1.82) is 0 Å². The smallest absolute Gasteiger partial charge is 0.191 e. The van der Waals surface area contributed by atoms with Crippen molar-refractivity contribution >= 4 is 0 Å². The molecular formula is C25H24F2N2O5. The van der Waals surface area contributed by atoms with Crippen LogP contribution in [0.2, 0.25) is 0 Å². The van der Waals surface area contributed by atoms with Crippen molar-refractivity contribution in [3.63, 3.8) is 0 Å². The molecule has 0 unspecified atom stereocenters. The molecule has 0 spiro atoms. The second kappa shape index (κ2) is 10.3. The van der Waals surface area contributed by atoms with Gasteiger partial charge in [0.2, 0.25) is 0 Å². The van der Waals surface area contributed by atoms with Crippen molar-refractivity contribution in [2.24, 2.45) is 0 Å². The maximum atomic E-state index is 14.6. The minimum Gasteiger partial charge on any atom is -0.479 e. The Labute approximate surface area is 195 Å². The van der Waals surface area contributed by atoms with Crippen LogP contribution in [0.1, 0.15) is 30.5 Å². The Kier molecular flexibility index (Phi) is 7.24. The van der Waals surface area contributed by atoms with E-state index in [1.165, 1.54) is 18.3 Å². The summed E-state index contributed by atoms with van der Waals surface area (Å²) in [7, 11) is 0. The number of ether oxygens (including phenoxy) is 2. The van der Waals surface area contributed by atoms with E-state index < -0.39 is 41.7 Å². The predicted molar refractivity (Wildman–Crippen MR) is 119 cm³/mol. The van der Waals surface area contributed by atoms with Gasteiger partial charge in [-0.25, -0.2) is 13.8 Å². The average Bonchev–Trinajstić information content (AvgIpc) is 3.46. The summed E-state index contributed by atoms with van der Waals surface area (Å²) in [5, 5.41) is 29.3. The van der Waals surface area contributed by atoms with Crippen LogP contribution in [-0.2, 0) is 4.74 Å². The molecule has 3 N–H and O–H groups in total. The molecule has 3 aromatic rings. The first kappa shape index (κ1) is 23.9. The van der Waals surface area contributed by atoms with Gasteiger partial charge in [-0.3, -0.25) is 0 Å². The Morgan fingerprint density at radius 2 is 1.88 bits per heavy atom. The standard InChI is InChI=1S/C25H24F2N2O5/c1-15(31)25-28-8-9-29(25)19(12-30)7-4-16-2-5-17(6-3-16)18-10-20(26)24(21(27)11-18)34-23-14-33-13-22(23)32/h2-3,5-6,8-11,15,19,22-23,30-32H,12-14H2,1H3/t15-,19-,22-,23-/m0/s1. The van der Waals surface area contributed by atoms with E-state index in [-0.39, 0.29) is 19.8 Å². The van der Waals surface area contributed by atoms with Gasteiger partial charge in [0, 0.05) is 18.0 Å². The molecule has 4 rings (SSSR count). The van der Waals surface area contributed by atoms with Crippen LogP contribution in [0.4, 0.5) is 8.78 Å². The van der Waals surface area contributed by atoms with Gasteiger partial charge in [0.1, 0.15) is 24.1 Å². The predicted octanol–water partition coefficient (Wildman–Crippen LogP) is 2.61. The Hall–Kier alpha value is -3.29. The first-order chi connectivity index (χ1) is 16.4. The molecule has 4 atom stereocenters. The van der Waals surface area contributed by atoms with Gasteiger partial charge in [0.15, 0.2) is 23.5 Å². The van der Waals surface area contributed by atoms with Crippen molar-refractivity contribution in [3.8, 4) is 28.7 Å². The molecule has 1 aliphatic heterocycles. The third kappa shape index (κ3) is 5.11. The summed E-state index contributed by atoms with van der Waals surface area (Å²) in [6.45, 7) is 1.43. The van der Waals surface area contributed by atoms with E-state index in [4.69, 9.17) is 9.47 Å². The van der Waals surface area contributed by atoms with Crippen LogP contribution in [0.25, 0.3) is 11.1 Å². The summed E-state index contributed by atoms with van der Waals surface area (Å²) >= 11 is 0. The monoisotopic (exact) mass is 470 g/mol. The molecule has 0 radical (unpaired) electrons. The van der Waals surface area contributed by atoms with Crippen molar-refractivity contribution in [2.45, 2.75) is 31.3 Å². The summed E-state index contributed by atoms with van der Waals surface area (Å²) in [5.41, 5.74) is 1.53. The summed E-state index contributed by atoms with van der Waals surface area (Å²) in [4.78, 5) is 4.08. The number of benzene rings is 2. The summed E-state index contributed by atoms with van der Waals surface area (Å²) in [6, 6.07) is 8.50. The van der Waals surface area contributed by atoms with E-state index in [9.17, 15) is 24.1 Å². The fraction of sp³-hybridized carbons (Fsp3) is 0.320. The van der Waals surface area contributed by atoms with Gasteiger partial charge in [-0.1, -0.05) is 24.0 Å². The van der Waals surface area contributed by atoms with Crippen molar-refractivity contribution < 1.29 is 33.6 Å². The number of imidazole rings is 1. The molecular weight excluding hydrogens is 446 g/mol. The minimum atomic E-state index is -0.940. The minimum absolute atomic E-state index is 0.0582. The lowest BCUT2D eigenvalue weighted by Crippen LogP contribution is -2.30. The number of rotatable bonds is 6. The highest BCUT2D eigenvalue weighted by Gasteiger charge is 2.30. The van der Waals surface area contributed by atoms with E-state index >= 15 is 0 Å². The lowest BCUT2D eigenvalue weighted by Gasteiger charge is -2.17. The number of aliphatic hydroxyl groups excluding tert-OH is 3. The lowest BCUT2D eigenvalue weighted by molar-refractivity contribution is 0.0680. The lowest BCUT2D eigenvalue weighted by atomic mass is 10.0. The van der Waals surface area contributed by atoms with Crippen molar-refractivity contribution in [2.75, 3.05) is 19.8 Å². The third-order valence-corrected chi connectivity index (χ3v) is 5.45. The number of hydrogen-bond acceptors (Lipinski definition) is 6. The van der Waals surface area contributed by atoms with Crippen LogP contribution in [-0.4, -0.2) is 56.9 Å². The van der Waals surface area contributed by atoms with Gasteiger partial charge in [-0.05, 0) is 42.3 Å². The van der Waals surface area contributed by atoms with E-state index in [1.54, 1.807) is 42.0 Å². The number of aromatic nitrogens is 2. The number of halogens is 2. The maximum Gasteiger partial charge on any atom is 0.191 e. The summed E-state index contributed by atoms with van der Waals surface area (Å²) in [6.07, 6.45) is 0.593. The Balaban J connectivity index is 1.51. The first-order valence-electron chi connectivity index (χ1n) is 10.7. The largest absolute Gasteiger partial charge is 0.479 e. The van der Waals surface area contributed by atoms with Crippen LogP contribution in [0.15, 0.2) is 48.8 Å². The quantitative estimate of drug-likeness (QED) is 0.480. The van der Waals surface area contributed by atoms with Crippen molar-refractivity contribution in [1.82, 2.24) is 9.55 Å². The van der Waals surface area contributed by atoms with E-state index in [0.29, 0.717) is 22.5 Å². The molecule has 0 bridgehead atoms. The number of nitrogens with zero attached hydrogens (tertiary/aromatic N) is 2. The molecule has 34 heavy (non-hydrogen) atoms. The van der Waals surface area contributed by atoms with Crippen LogP contribution in [0.3, 0.4) is 0 Å². The van der Waals surface area contributed by atoms with E-state index in [2.05, 4.69) is 16.8 Å². The zero-order chi connectivity index (χ0) is 24.2. The van der Waals surface area contributed by atoms with E-state index in [1.807, 2.05) is 0 Å². The second-order valence-electron chi connectivity index (χ2n) is 7.94. The normalized spacial score (nSPS) is 19.4. The molecule has 7 nitrogen and oxygen atoms in total. The van der Waals surface area contributed by atoms with Crippen LogP contribution in [0.5, 0.6) is 5.75 Å². The average molecular weight is 470 g/mol. The fourth-order valence-corrected chi connectivity index (χ4v) is 3.65. The molecule has 0 saturated carbocycles. The molecule has 2 aromatic carbocycles. The fourth-order valence-electron chi connectivity index (χ4n) is 3.65. The van der Waals surface area contributed by atoms with Crippen LogP contribution < -0.4 is 4.74 Å². The zero-order valence-corrected chi connectivity index (χ0v) is 18.4. The van der Waals surface area contributed by atoms with Gasteiger partial charge in [0.25, 0.3) is 0 Å². The van der Waals surface area contributed by atoms with E-state index in [0.717, 1.165) is 0 Å². The molecule has 1 fully saturated rings. The van der Waals surface area contributed by atoms with Gasteiger partial charge in [-0.15, -0.1) is 0 Å². The molecule has 0 aliphatic carbocycles. The molecule has 2 heterocycles. The first-order valence-corrected chi connectivity index (χ1v) is 10.7. The highest BCUT2D eigenvalue weighted by atomic mass is 19.1. The van der Waals surface area contributed by atoms with Gasteiger partial charge in [-0.2, -0.15) is 0 Å². The van der Waals surface area contributed by atoms with Crippen LogP contribution >= 0.6 is 0 Å².